The SMILES string of the molecule is CN1CCN(C)CC1.O=Cc1cc2c([nH]1)CCCC2. The molecule has 1 aliphatic carbocycles. The highest BCUT2D eigenvalue weighted by Crippen LogP contribution is 2.20. The van der Waals surface area contributed by atoms with E-state index in [2.05, 4.69) is 28.9 Å². The summed E-state index contributed by atoms with van der Waals surface area (Å²) < 4.78 is 0. The van der Waals surface area contributed by atoms with Gasteiger partial charge < -0.3 is 14.8 Å². The number of nitrogens with one attached hydrogen (secondary N) is 1. The van der Waals surface area contributed by atoms with E-state index in [0.717, 1.165) is 24.8 Å². The molecule has 2 heterocycles. The summed E-state index contributed by atoms with van der Waals surface area (Å²) in [5.41, 5.74) is 3.36. The van der Waals surface area contributed by atoms with Gasteiger partial charge in [0.2, 0.25) is 0 Å². The third-order valence-corrected chi connectivity index (χ3v) is 3.99. The van der Waals surface area contributed by atoms with Crippen LogP contribution in [0.2, 0.25) is 0 Å². The standard InChI is InChI=1S/C9H11NO.C6H14N2/c11-6-8-5-7-3-1-2-4-9(7)10-8;1-7-3-5-8(2)6-4-7/h5-6,10H,1-4H2;3-6H2,1-2H3. The minimum Gasteiger partial charge on any atom is -0.356 e. The molecule has 2 aliphatic rings. The van der Waals surface area contributed by atoms with Crippen LogP contribution in [0.15, 0.2) is 6.07 Å². The second-order valence-electron chi connectivity index (χ2n) is 5.66. The minimum atomic E-state index is 0.733. The lowest BCUT2D eigenvalue weighted by Crippen LogP contribution is -2.42. The van der Waals surface area contributed by atoms with Crippen LogP contribution in [0.1, 0.15) is 34.6 Å². The number of hydrogen-bond acceptors (Lipinski definition) is 3. The maximum absolute atomic E-state index is 10.4. The molecular weight excluding hydrogens is 238 g/mol. The average Bonchev–Trinajstić information content (AvgIpc) is 2.86. The van der Waals surface area contributed by atoms with Crippen molar-refractivity contribution in [2.24, 2.45) is 0 Å². The molecule has 1 N–H and O–H groups in total. The van der Waals surface area contributed by atoms with Gasteiger partial charge in [0.05, 0.1) is 5.69 Å². The number of nitrogens with zero attached hydrogens (tertiary/aromatic N) is 2. The molecule has 3 rings (SSSR count). The summed E-state index contributed by atoms with van der Waals surface area (Å²) in [5.74, 6) is 0. The van der Waals surface area contributed by atoms with Gasteiger partial charge in [-0.1, -0.05) is 0 Å². The number of aromatic nitrogens is 1. The van der Waals surface area contributed by atoms with E-state index >= 15 is 0 Å². The van der Waals surface area contributed by atoms with Crippen LogP contribution in [0.4, 0.5) is 0 Å². The van der Waals surface area contributed by atoms with Gasteiger partial charge in [0, 0.05) is 31.9 Å². The van der Waals surface area contributed by atoms with E-state index in [-0.39, 0.29) is 0 Å². The van der Waals surface area contributed by atoms with Crippen molar-refractivity contribution in [3.63, 3.8) is 0 Å². The Kier molecular flexibility index (Phi) is 5.16. The molecule has 1 aromatic heterocycles. The fraction of sp³-hybridized carbons (Fsp3) is 0.667. The molecule has 1 fully saturated rings. The van der Waals surface area contributed by atoms with Gasteiger partial charge in [-0.05, 0) is 51.4 Å². The third-order valence-electron chi connectivity index (χ3n) is 3.99. The normalized spacial score (nSPS) is 20.3. The van der Waals surface area contributed by atoms with Crippen molar-refractivity contribution in [1.29, 1.82) is 0 Å². The number of carbonyl (C=O) groups excluding carboxylic acids is 1. The number of aldehydes is 1. The van der Waals surface area contributed by atoms with E-state index in [1.165, 1.54) is 50.3 Å². The molecule has 0 amide bonds. The third kappa shape index (κ3) is 4.18. The van der Waals surface area contributed by atoms with Gasteiger partial charge in [0.1, 0.15) is 0 Å². The first kappa shape index (κ1) is 14.3. The zero-order valence-corrected chi connectivity index (χ0v) is 12.1. The van der Waals surface area contributed by atoms with Crippen LogP contribution in [-0.2, 0) is 12.8 Å². The molecule has 0 atom stereocenters. The molecule has 0 radical (unpaired) electrons. The van der Waals surface area contributed by atoms with Gasteiger partial charge in [-0.3, -0.25) is 4.79 Å². The first-order valence-electron chi connectivity index (χ1n) is 7.22. The molecule has 0 saturated carbocycles. The van der Waals surface area contributed by atoms with Crippen LogP contribution in [0.25, 0.3) is 0 Å². The van der Waals surface area contributed by atoms with Gasteiger partial charge >= 0.3 is 0 Å². The van der Waals surface area contributed by atoms with Gasteiger partial charge in [-0.25, -0.2) is 0 Å². The lowest BCUT2D eigenvalue weighted by atomic mass is 9.98. The summed E-state index contributed by atoms with van der Waals surface area (Å²) in [7, 11) is 4.35. The lowest BCUT2D eigenvalue weighted by molar-refractivity contribution is 0.111. The number of fused-ring (bicyclic) bond motifs is 1. The van der Waals surface area contributed by atoms with Crippen LogP contribution in [0.5, 0.6) is 0 Å². The maximum Gasteiger partial charge on any atom is 0.166 e. The van der Waals surface area contributed by atoms with Crippen molar-refractivity contribution in [3.8, 4) is 0 Å². The maximum atomic E-state index is 10.4. The number of piperazine rings is 1. The molecular formula is C15H25N3O. The fourth-order valence-corrected chi connectivity index (χ4v) is 2.60. The molecule has 0 bridgehead atoms. The molecule has 4 heteroatoms. The first-order valence-corrected chi connectivity index (χ1v) is 7.22. The quantitative estimate of drug-likeness (QED) is 0.782. The summed E-state index contributed by atoms with van der Waals surface area (Å²) in [6.45, 7) is 4.93. The molecule has 0 unspecified atom stereocenters. The van der Waals surface area contributed by atoms with Crippen molar-refractivity contribution >= 4 is 6.29 Å². The Morgan fingerprint density at radius 3 is 2.16 bits per heavy atom. The van der Waals surface area contributed by atoms with Crippen LogP contribution >= 0.6 is 0 Å². The number of likely N-dealkylation sites (N-methyl/N-ethyl adjacent to an activating group) is 2. The molecule has 1 saturated heterocycles. The molecule has 1 aliphatic heterocycles. The van der Waals surface area contributed by atoms with E-state index in [0.29, 0.717) is 0 Å². The van der Waals surface area contributed by atoms with Crippen LogP contribution in [0, 0.1) is 0 Å². The topological polar surface area (TPSA) is 39.3 Å². The Morgan fingerprint density at radius 1 is 1.05 bits per heavy atom. The smallest absolute Gasteiger partial charge is 0.166 e. The van der Waals surface area contributed by atoms with E-state index in [4.69, 9.17) is 0 Å². The van der Waals surface area contributed by atoms with E-state index in [1.807, 2.05) is 6.07 Å². The number of aromatic amines is 1. The zero-order valence-electron chi connectivity index (χ0n) is 12.1. The fourth-order valence-electron chi connectivity index (χ4n) is 2.60. The molecule has 4 nitrogen and oxygen atoms in total. The Labute approximate surface area is 115 Å². The number of H-pyrrole nitrogens is 1. The van der Waals surface area contributed by atoms with Crippen LogP contribution in [-0.4, -0.2) is 61.3 Å². The van der Waals surface area contributed by atoms with Crippen LogP contribution in [0.3, 0.4) is 0 Å². The minimum absolute atomic E-state index is 0.733. The summed E-state index contributed by atoms with van der Waals surface area (Å²) in [6.07, 6.45) is 5.66. The molecule has 106 valence electrons. The van der Waals surface area contributed by atoms with E-state index in [9.17, 15) is 4.79 Å². The highest BCUT2D eigenvalue weighted by molar-refractivity contribution is 5.72. The van der Waals surface area contributed by atoms with Gasteiger partial charge in [-0.15, -0.1) is 0 Å². The molecule has 0 spiro atoms. The van der Waals surface area contributed by atoms with E-state index < -0.39 is 0 Å². The average molecular weight is 263 g/mol. The number of rotatable bonds is 1. The first-order chi connectivity index (χ1) is 9.19. The predicted octanol–water partition coefficient (Wildman–Crippen LogP) is 1.57. The second kappa shape index (κ2) is 6.87. The van der Waals surface area contributed by atoms with Gasteiger partial charge in [0.25, 0.3) is 0 Å². The van der Waals surface area contributed by atoms with Gasteiger partial charge in [-0.2, -0.15) is 0 Å². The van der Waals surface area contributed by atoms with Crippen molar-refractivity contribution in [2.45, 2.75) is 25.7 Å². The summed E-state index contributed by atoms with van der Waals surface area (Å²) in [5, 5.41) is 0. The zero-order chi connectivity index (χ0) is 13.7. The Bertz CT molecular complexity index is 372. The van der Waals surface area contributed by atoms with Gasteiger partial charge in [0.15, 0.2) is 6.29 Å². The number of hydrogen-bond donors (Lipinski definition) is 1. The van der Waals surface area contributed by atoms with Crippen molar-refractivity contribution in [3.05, 3.63) is 23.0 Å². The number of aryl methyl sites for hydroxylation is 2. The second-order valence-corrected chi connectivity index (χ2v) is 5.66. The summed E-state index contributed by atoms with van der Waals surface area (Å²) >= 11 is 0. The number of carbonyl (C=O) groups is 1. The summed E-state index contributed by atoms with van der Waals surface area (Å²) in [4.78, 5) is 18.2. The van der Waals surface area contributed by atoms with Crippen LogP contribution < -0.4 is 0 Å². The molecule has 1 aromatic rings. The largest absolute Gasteiger partial charge is 0.356 e. The van der Waals surface area contributed by atoms with Crippen molar-refractivity contribution < 1.29 is 4.79 Å². The lowest BCUT2D eigenvalue weighted by Gasteiger charge is -2.28. The Hall–Kier alpha value is -1.13. The summed E-state index contributed by atoms with van der Waals surface area (Å²) in [6, 6.07) is 1.97. The van der Waals surface area contributed by atoms with Crippen molar-refractivity contribution in [1.82, 2.24) is 14.8 Å². The molecule has 19 heavy (non-hydrogen) atoms. The monoisotopic (exact) mass is 263 g/mol. The van der Waals surface area contributed by atoms with Crippen molar-refractivity contribution in [2.75, 3.05) is 40.3 Å². The highest BCUT2D eigenvalue weighted by Gasteiger charge is 2.11. The Balaban J connectivity index is 0.000000148. The highest BCUT2D eigenvalue weighted by atomic mass is 16.1. The predicted molar refractivity (Wildman–Crippen MR) is 77.8 cm³/mol. The Morgan fingerprint density at radius 2 is 1.63 bits per heavy atom. The van der Waals surface area contributed by atoms with E-state index in [1.54, 1.807) is 0 Å². The molecule has 0 aromatic carbocycles.